The molecule has 25 heavy (non-hydrogen) atoms. The van der Waals surface area contributed by atoms with Gasteiger partial charge in [-0.3, -0.25) is 4.79 Å². The Bertz CT molecular complexity index is 599. The van der Waals surface area contributed by atoms with E-state index in [1.165, 1.54) is 12.1 Å². The largest absolute Gasteiger partial charge is 0.478 e. The number of amides is 1. The van der Waals surface area contributed by atoms with Crippen molar-refractivity contribution >= 4 is 23.3 Å². The normalized spacial score (nSPS) is 17.1. The lowest BCUT2D eigenvalue weighted by Crippen LogP contribution is -2.38. The number of carbonyl (C=O) groups is 2. The van der Waals surface area contributed by atoms with Crippen molar-refractivity contribution in [3.05, 3.63) is 23.8 Å². The Balaban J connectivity index is 2.16. The quantitative estimate of drug-likeness (QED) is 0.748. The zero-order valence-electron chi connectivity index (χ0n) is 14.8. The molecule has 1 fully saturated rings. The molecular weight excluding hydrogens is 324 g/mol. The molecule has 2 rings (SSSR count). The first-order valence-electron chi connectivity index (χ1n) is 8.59. The van der Waals surface area contributed by atoms with Gasteiger partial charge in [-0.05, 0) is 24.6 Å². The summed E-state index contributed by atoms with van der Waals surface area (Å²) in [5.41, 5.74) is 1.39. The van der Waals surface area contributed by atoms with E-state index in [2.05, 4.69) is 5.32 Å². The molecule has 1 heterocycles. The second-order valence-electron chi connectivity index (χ2n) is 6.14. The summed E-state index contributed by atoms with van der Waals surface area (Å²) in [4.78, 5) is 25.3. The molecule has 0 bridgehead atoms. The molecule has 7 heteroatoms. The summed E-state index contributed by atoms with van der Waals surface area (Å²) in [7, 11) is 1.88. The van der Waals surface area contributed by atoms with Crippen molar-refractivity contribution in [1.82, 2.24) is 0 Å². The van der Waals surface area contributed by atoms with E-state index in [4.69, 9.17) is 9.47 Å². The first kappa shape index (κ1) is 19.2. The Morgan fingerprint density at radius 2 is 2.16 bits per heavy atom. The Morgan fingerprint density at radius 1 is 1.36 bits per heavy atom. The molecule has 0 spiro atoms. The lowest BCUT2D eigenvalue weighted by atomic mass is 10.1. The zero-order valence-corrected chi connectivity index (χ0v) is 14.8. The van der Waals surface area contributed by atoms with Gasteiger partial charge in [0.05, 0.1) is 42.9 Å². The van der Waals surface area contributed by atoms with Gasteiger partial charge in [0.25, 0.3) is 0 Å². The molecule has 2 N–H and O–H groups in total. The highest BCUT2D eigenvalue weighted by Crippen LogP contribution is 2.27. The van der Waals surface area contributed by atoms with Crippen molar-refractivity contribution in [2.75, 3.05) is 43.6 Å². The minimum absolute atomic E-state index is 0.0541. The van der Waals surface area contributed by atoms with Crippen LogP contribution in [0, 0.1) is 0 Å². The average molecular weight is 350 g/mol. The molecule has 0 radical (unpaired) electrons. The Labute approximate surface area is 147 Å². The van der Waals surface area contributed by atoms with Crippen LogP contribution in [0.5, 0.6) is 0 Å². The summed E-state index contributed by atoms with van der Waals surface area (Å²) >= 11 is 0. The minimum atomic E-state index is -1.03. The fraction of sp³-hybridized carbons (Fsp3) is 0.556. The molecule has 1 aliphatic heterocycles. The third-order valence-corrected chi connectivity index (χ3v) is 4.05. The van der Waals surface area contributed by atoms with Gasteiger partial charge in [-0.25, -0.2) is 4.79 Å². The van der Waals surface area contributed by atoms with Gasteiger partial charge in [-0.15, -0.1) is 0 Å². The monoisotopic (exact) mass is 350 g/mol. The standard InChI is InChI=1S/C18H26N2O5/c1-3-4-5-17(21)19-15-10-13(18(22)23)6-7-16(15)20(2)11-14-12-24-8-9-25-14/h6-7,10,14H,3-5,8-9,11-12H2,1-2H3,(H,19,21)(H,22,23)/t14-/m1/s1. The first-order valence-corrected chi connectivity index (χ1v) is 8.59. The second kappa shape index (κ2) is 9.39. The summed E-state index contributed by atoms with van der Waals surface area (Å²) in [6.07, 6.45) is 2.08. The number of aromatic carboxylic acids is 1. The lowest BCUT2D eigenvalue weighted by Gasteiger charge is -2.30. The maximum atomic E-state index is 12.1. The lowest BCUT2D eigenvalue weighted by molar-refractivity contribution is -0.116. The number of carboxylic acid groups (broad SMARTS) is 1. The Morgan fingerprint density at radius 3 is 2.80 bits per heavy atom. The third kappa shape index (κ3) is 5.72. The number of ether oxygens (including phenoxy) is 2. The highest BCUT2D eigenvalue weighted by Gasteiger charge is 2.19. The number of rotatable bonds is 8. The van der Waals surface area contributed by atoms with E-state index in [0.717, 1.165) is 18.5 Å². The first-order chi connectivity index (χ1) is 12.0. The van der Waals surface area contributed by atoms with Crippen molar-refractivity contribution in [3.63, 3.8) is 0 Å². The van der Waals surface area contributed by atoms with Crippen LogP contribution in [-0.2, 0) is 14.3 Å². The number of carbonyl (C=O) groups excluding carboxylic acids is 1. The molecule has 0 unspecified atom stereocenters. The van der Waals surface area contributed by atoms with E-state index in [-0.39, 0.29) is 17.6 Å². The van der Waals surface area contributed by atoms with Crippen LogP contribution in [0.3, 0.4) is 0 Å². The number of likely N-dealkylation sites (N-methyl/N-ethyl adjacent to an activating group) is 1. The molecule has 0 aromatic heterocycles. The Hall–Kier alpha value is -2.12. The van der Waals surface area contributed by atoms with Gasteiger partial charge >= 0.3 is 5.97 Å². The van der Waals surface area contributed by atoms with Crippen LogP contribution < -0.4 is 10.2 Å². The van der Waals surface area contributed by atoms with E-state index < -0.39 is 5.97 Å². The second-order valence-corrected chi connectivity index (χ2v) is 6.14. The molecule has 0 saturated carbocycles. The predicted molar refractivity (Wildman–Crippen MR) is 95.4 cm³/mol. The van der Waals surface area contributed by atoms with Crippen LogP contribution >= 0.6 is 0 Å². The molecule has 0 aliphatic carbocycles. The number of benzene rings is 1. The summed E-state index contributed by atoms with van der Waals surface area (Å²) in [6, 6.07) is 4.74. The van der Waals surface area contributed by atoms with Crippen molar-refractivity contribution < 1.29 is 24.2 Å². The molecule has 1 aromatic rings. The Kier molecular flexibility index (Phi) is 7.21. The molecule has 7 nitrogen and oxygen atoms in total. The molecular formula is C18H26N2O5. The predicted octanol–water partition coefficient (Wildman–Crippen LogP) is 2.37. The SMILES string of the molecule is CCCCC(=O)Nc1cc(C(=O)O)ccc1N(C)C[C@@H]1COCCO1. The number of hydrogen-bond donors (Lipinski definition) is 2. The van der Waals surface area contributed by atoms with Crippen LogP contribution in [0.15, 0.2) is 18.2 Å². The van der Waals surface area contributed by atoms with Crippen LogP contribution in [0.4, 0.5) is 11.4 Å². The van der Waals surface area contributed by atoms with Crippen LogP contribution in [0.25, 0.3) is 0 Å². The van der Waals surface area contributed by atoms with Gasteiger partial charge in [0.2, 0.25) is 5.91 Å². The topological polar surface area (TPSA) is 88.1 Å². The van der Waals surface area contributed by atoms with Crippen molar-refractivity contribution in [1.29, 1.82) is 0 Å². The van der Waals surface area contributed by atoms with Crippen molar-refractivity contribution in [3.8, 4) is 0 Å². The molecule has 1 atom stereocenters. The molecule has 1 aromatic carbocycles. The number of nitrogens with one attached hydrogen (secondary N) is 1. The summed E-state index contributed by atoms with van der Waals surface area (Å²) in [5, 5.41) is 12.1. The maximum Gasteiger partial charge on any atom is 0.335 e. The number of anilines is 2. The van der Waals surface area contributed by atoms with E-state index >= 15 is 0 Å². The minimum Gasteiger partial charge on any atom is -0.478 e. The van der Waals surface area contributed by atoms with Gasteiger partial charge in [-0.1, -0.05) is 13.3 Å². The average Bonchev–Trinajstić information content (AvgIpc) is 2.60. The number of carboxylic acids is 1. The van der Waals surface area contributed by atoms with Gasteiger partial charge in [0.15, 0.2) is 0 Å². The number of unbranched alkanes of at least 4 members (excludes halogenated alkanes) is 1. The zero-order chi connectivity index (χ0) is 18.2. The molecule has 1 amide bonds. The van der Waals surface area contributed by atoms with Crippen LogP contribution in [-0.4, -0.2) is 56.5 Å². The summed E-state index contributed by atoms with van der Waals surface area (Å²) < 4.78 is 11.1. The highest BCUT2D eigenvalue weighted by atomic mass is 16.6. The van der Waals surface area contributed by atoms with E-state index in [0.29, 0.717) is 38.5 Å². The van der Waals surface area contributed by atoms with E-state index in [1.54, 1.807) is 6.07 Å². The number of hydrogen-bond acceptors (Lipinski definition) is 5. The van der Waals surface area contributed by atoms with E-state index in [9.17, 15) is 14.7 Å². The van der Waals surface area contributed by atoms with Gasteiger partial charge in [-0.2, -0.15) is 0 Å². The maximum absolute atomic E-state index is 12.1. The van der Waals surface area contributed by atoms with E-state index in [1.807, 2.05) is 18.9 Å². The van der Waals surface area contributed by atoms with Gasteiger partial charge < -0.3 is 24.8 Å². The fourth-order valence-corrected chi connectivity index (χ4v) is 2.70. The summed E-state index contributed by atoms with van der Waals surface area (Å²) in [5.74, 6) is -1.14. The fourth-order valence-electron chi connectivity index (χ4n) is 2.70. The molecule has 1 saturated heterocycles. The summed E-state index contributed by atoms with van der Waals surface area (Å²) in [6.45, 7) is 4.30. The highest BCUT2D eigenvalue weighted by molar-refractivity contribution is 5.97. The third-order valence-electron chi connectivity index (χ3n) is 4.05. The number of nitrogens with zero attached hydrogens (tertiary/aromatic N) is 1. The molecule has 1 aliphatic rings. The molecule has 138 valence electrons. The van der Waals surface area contributed by atoms with Crippen molar-refractivity contribution in [2.24, 2.45) is 0 Å². The van der Waals surface area contributed by atoms with Crippen molar-refractivity contribution in [2.45, 2.75) is 32.3 Å². The smallest absolute Gasteiger partial charge is 0.335 e. The van der Waals surface area contributed by atoms with Crippen LogP contribution in [0.2, 0.25) is 0 Å². The van der Waals surface area contributed by atoms with Crippen LogP contribution in [0.1, 0.15) is 36.5 Å². The van der Waals surface area contributed by atoms with Gasteiger partial charge in [0.1, 0.15) is 0 Å². The van der Waals surface area contributed by atoms with Gasteiger partial charge in [0, 0.05) is 20.0 Å².